The molecule has 0 bridgehead atoms. The second-order valence-electron chi connectivity index (χ2n) is 23.9. The standard InChI is InChI=1S/C62H96O6Si4/c1-27-63-61-65-57(33-37-69(41(3)4,42(5)6)43(7)8)53-29-31-55-56(32-30-54(53)58(66-61)34-38-70(44(9)10,45(11)12)46(13)14)60(36-40-72(50(21)22,51(23)24)52(25)26)68-62(64-28-2)67-59(55)35-39-71(47(15)16,48(17)18)49(19)20/h41-52,61-62H,27-28H2,1-26H3. The van der Waals surface area contributed by atoms with Gasteiger partial charge >= 0.3 is 13.0 Å². The summed E-state index contributed by atoms with van der Waals surface area (Å²) < 4.78 is 39.7. The van der Waals surface area contributed by atoms with Gasteiger partial charge in [-0.15, -0.1) is 22.2 Å². The van der Waals surface area contributed by atoms with E-state index in [2.05, 4.69) is 236 Å². The quantitative estimate of drug-likeness (QED) is 0.113. The van der Waals surface area contributed by atoms with Crippen LogP contribution in [0.1, 0.15) is 180 Å². The largest absolute Gasteiger partial charge is 0.422 e. The summed E-state index contributed by atoms with van der Waals surface area (Å²) in [7, 11) is -9.17. The summed E-state index contributed by atoms with van der Waals surface area (Å²) in [5.41, 5.74) is 22.2. The Hall–Kier alpha value is -3.69. The number of rotatable bonds is 16. The zero-order valence-corrected chi connectivity index (χ0v) is 53.9. The number of allylic oxidation sites excluding steroid dienone is 8. The molecule has 0 aromatic heterocycles. The third-order valence-corrected chi connectivity index (χ3v) is 41.7. The fraction of sp³-hybridized carbons (Fsp3) is 0.677. The van der Waals surface area contributed by atoms with Crippen molar-refractivity contribution in [3.05, 3.63) is 45.3 Å². The average Bonchev–Trinajstić information content (AvgIpc) is 3.46. The summed E-state index contributed by atoms with van der Waals surface area (Å²) in [5.74, 6) is 30.4. The maximum Gasteiger partial charge on any atom is 0.362 e. The molecule has 3 aliphatic rings. The second-order valence-corrected chi connectivity index (χ2v) is 46.2. The van der Waals surface area contributed by atoms with Gasteiger partial charge in [0.15, 0.2) is 23.0 Å². The van der Waals surface area contributed by atoms with E-state index in [1.165, 1.54) is 0 Å². The lowest BCUT2D eigenvalue weighted by Crippen LogP contribution is -2.43. The molecule has 2 aliphatic heterocycles. The van der Waals surface area contributed by atoms with Crippen molar-refractivity contribution < 1.29 is 28.4 Å². The molecule has 3 rings (SSSR count). The molecule has 0 unspecified atom stereocenters. The Morgan fingerprint density at radius 1 is 0.319 bits per heavy atom. The smallest absolute Gasteiger partial charge is 0.362 e. The third-order valence-electron chi connectivity index (χ3n) is 16.5. The van der Waals surface area contributed by atoms with Crippen molar-refractivity contribution in [1.29, 1.82) is 0 Å². The van der Waals surface area contributed by atoms with E-state index in [0.29, 0.717) is 125 Å². The van der Waals surface area contributed by atoms with Gasteiger partial charge in [-0.05, 0) is 104 Å². The van der Waals surface area contributed by atoms with Crippen molar-refractivity contribution in [2.45, 2.75) is 259 Å². The van der Waals surface area contributed by atoms with Crippen LogP contribution in [0.4, 0.5) is 0 Å². The average molecular weight is 1050 g/mol. The molecule has 2 heterocycles. The summed E-state index contributed by atoms with van der Waals surface area (Å²) in [4.78, 5) is 0. The topological polar surface area (TPSA) is 55.4 Å². The van der Waals surface area contributed by atoms with E-state index in [1.807, 2.05) is 13.8 Å². The summed E-state index contributed by atoms with van der Waals surface area (Å²) in [6, 6.07) is 0. The molecule has 0 aromatic rings. The van der Waals surface area contributed by atoms with Gasteiger partial charge in [-0.25, -0.2) is 0 Å². The van der Waals surface area contributed by atoms with Gasteiger partial charge in [0.05, 0.1) is 35.5 Å². The summed E-state index contributed by atoms with van der Waals surface area (Å²) in [6.07, 6.45) is 0. The summed E-state index contributed by atoms with van der Waals surface area (Å²) in [6.45, 7) is 57.7. The lowest BCUT2D eigenvalue weighted by atomic mass is 9.96. The highest BCUT2D eigenvalue weighted by atomic mass is 28.3. The highest BCUT2D eigenvalue weighted by molar-refractivity contribution is 6.92. The van der Waals surface area contributed by atoms with Gasteiger partial charge in [0.1, 0.15) is 32.3 Å². The Morgan fingerprint density at radius 3 is 0.597 bits per heavy atom. The van der Waals surface area contributed by atoms with E-state index in [4.69, 9.17) is 28.4 Å². The van der Waals surface area contributed by atoms with Crippen LogP contribution in [0.15, 0.2) is 45.3 Å². The first kappa shape index (κ1) is 62.6. The van der Waals surface area contributed by atoms with Crippen molar-refractivity contribution in [3.63, 3.8) is 0 Å². The van der Waals surface area contributed by atoms with E-state index in [0.717, 1.165) is 0 Å². The van der Waals surface area contributed by atoms with E-state index in [-0.39, 0.29) is 0 Å². The van der Waals surface area contributed by atoms with Crippen LogP contribution in [-0.2, 0) is 28.4 Å². The SMILES string of the molecule is CCOC1OC(C#C[Si](C(C)C)(C(C)C)C(C)C)=C2C#CC3=C(C#C[Si](C(C)C)(C(C)C)C(C)C)OC(OCC)OC(C#C[Si](C(C)C)(C(C)C)C(C)C)=C3C#CC2=C(C#C[Si](C(C)C)(C(C)C)C(C)C)O1. The molecule has 0 radical (unpaired) electrons. The maximum atomic E-state index is 6.80. The van der Waals surface area contributed by atoms with Gasteiger partial charge < -0.3 is 28.4 Å². The monoisotopic (exact) mass is 1050 g/mol. The zero-order valence-electron chi connectivity index (χ0n) is 49.9. The molecule has 0 spiro atoms. The Bertz CT molecular complexity index is 2040. The zero-order chi connectivity index (χ0) is 54.8. The highest BCUT2D eigenvalue weighted by Gasteiger charge is 2.46. The minimum absolute atomic E-state index is 0.334. The Morgan fingerprint density at radius 2 is 0.472 bits per heavy atom. The molecule has 10 heteroatoms. The minimum atomic E-state index is -2.29. The summed E-state index contributed by atoms with van der Waals surface area (Å²) >= 11 is 0. The van der Waals surface area contributed by atoms with Crippen LogP contribution >= 0.6 is 0 Å². The summed E-state index contributed by atoms with van der Waals surface area (Å²) in [5, 5.41) is 0. The molecule has 0 atom stereocenters. The first-order chi connectivity index (χ1) is 33.5. The van der Waals surface area contributed by atoms with Crippen LogP contribution in [0.25, 0.3) is 0 Å². The Kier molecular flexibility index (Phi) is 22.8. The molecule has 0 saturated carbocycles. The fourth-order valence-corrected chi connectivity index (χ4v) is 33.8. The number of hydrogen-bond acceptors (Lipinski definition) is 6. The molecule has 72 heavy (non-hydrogen) atoms. The molecule has 0 amide bonds. The van der Waals surface area contributed by atoms with Crippen LogP contribution in [0.3, 0.4) is 0 Å². The van der Waals surface area contributed by atoms with Gasteiger partial charge in [0, 0.05) is 0 Å². The van der Waals surface area contributed by atoms with E-state index in [9.17, 15) is 0 Å². The van der Waals surface area contributed by atoms with Gasteiger partial charge in [-0.1, -0.05) is 190 Å². The van der Waals surface area contributed by atoms with Crippen LogP contribution in [0.5, 0.6) is 0 Å². The lowest BCUT2D eigenvalue weighted by molar-refractivity contribution is -0.246. The number of ether oxygens (including phenoxy) is 6. The highest BCUT2D eigenvalue weighted by Crippen LogP contribution is 2.45. The van der Waals surface area contributed by atoms with Gasteiger partial charge in [-0.2, -0.15) is 0 Å². The molecule has 0 saturated heterocycles. The molecule has 6 nitrogen and oxygen atoms in total. The van der Waals surface area contributed by atoms with Gasteiger partial charge in [0.2, 0.25) is 0 Å². The van der Waals surface area contributed by atoms with Crippen LogP contribution < -0.4 is 0 Å². The predicted octanol–water partition coefficient (Wildman–Crippen LogP) is 16.6. The van der Waals surface area contributed by atoms with Crippen molar-refractivity contribution in [1.82, 2.24) is 0 Å². The molecule has 1 aliphatic carbocycles. The molecule has 0 N–H and O–H groups in total. The number of fused-ring (bicyclic) bond motifs is 2. The van der Waals surface area contributed by atoms with Gasteiger partial charge in [-0.3, -0.25) is 0 Å². The first-order valence-corrected chi connectivity index (χ1v) is 36.5. The van der Waals surface area contributed by atoms with E-state index in [1.54, 1.807) is 0 Å². The second kappa shape index (κ2) is 26.2. The van der Waals surface area contributed by atoms with Crippen molar-refractivity contribution >= 4 is 32.3 Å². The van der Waals surface area contributed by atoms with Crippen molar-refractivity contribution in [2.24, 2.45) is 0 Å². The van der Waals surface area contributed by atoms with Crippen LogP contribution in [0, 0.1) is 69.5 Å². The maximum absolute atomic E-state index is 6.80. The lowest BCUT2D eigenvalue weighted by Gasteiger charge is -2.38. The van der Waals surface area contributed by atoms with E-state index >= 15 is 0 Å². The molecular weight excluding hydrogens is 953 g/mol. The fourth-order valence-electron chi connectivity index (χ4n) is 13.0. The molecular formula is C62H96O6Si4. The van der Waals surface area contributed by atoms with Crippen molar-refractivity contribution in [3.8, 4) is 69.5 Å². The Labute approximate surface area is 445 Å². The normalized spacial score (nSPS) is 16.2. The van der Waals surface area contributed by atoms with Crippen LogP contribution in [-0.4, -0.2) is 58.5 Å². The Balaban J connectivity index is 2.95. The first-order valence-electron chi connectivity index (χ1n) is 27.5. The molecule has 0 aromatic carbocycles. The molecule has 0 fully saturated rings. The van der Waals surface area contributed by atoms with Crippen molar-refractivity contribution in [2.75, 3.05) is 13.2 Å². The molecule has 396 valence electrons. The van der Waals surface area contributed by atoms with Gasteiger partial charge in [0.25, 0.3) is 0 Å². The van der Waals surface area contributed by atoms with Crippen LogP contribution in [0.2, 0.25) is 66.5 Å². The third kappa shape index (κ3) is 12.9. The minimum Gasteiger partial charge on any atom is -0.422 e. The predicted molar refractivity (Wildman–Crippen MR) is 314 cm³/mol. The van der Waals surface area contributed by atoms with E-state index < -0.39 is 45.2 Å². The number of hydrogen-bond donors (Lipinski definition) is 0.